The van der Waals surface area contributed by atoms with Crippen molar-refractivity contribution in [3.05, 3.63) is 144 Å². The molecule has 0 aliphatic rings. The molecule has 0 fully saturated rings. The lowest BCUT2D eigenvalue weighted by atomic mass is 10.0. The van der Waals surface area contributed by atoms with Gasteiger partial charge in [-0.3, -0.25) is 4.79 Å². The summed E-state index contributed by atoms with van der Waals surface area (Å²) in [4.78, 5) is 13.1. The average Bonchev–Trinajstić information content (AvgIpc) is 2.94. The maximum Gasteiger partial charge on any atom is 0.241 e. The molecule has 0 bridgehead atoms. The molecule has 0 atom stereocenters. The third-order valence-corrected chi connectivity index (χ3v) is 7.53. The maximum absolute atomic E-state index is 13.1. The van der Waals surface area contributed by atoms with Crippen molar-refractivity contribution in [2.24, 2.45) is 0 Å². The number of ketones is 1. The molecule has 5 aromatic rings. The largest absolute Gasteiger partial charge is 0.293 e. The normalized spacial score (nSPS) is 10.9. The monoisotopic (exact) mass is 500 g/mol. The zero-order chi connectivity index (χ0) is 25.6. The number of carbonyl (C=O) groups excluding carboxylic acids is 1. The van der Waals surface area contributed by atoms with Crippen molar-refractivity contribution >= 4 is 17.5 Å². The number of hydrogen-bond acceptors (Lipinski definition) is 2. The van der Waals surface area contributed by atoms with Crippen LogP contribution in [0.2, 0.25) is 0 Å². The van der Waals surface area contributed by atoms with Crippen LogP contribution in [0.25, 0.3) is 22.4 Å². The first-order valence-corrected chi connectivity index (χ1v) is 13.5. The van der Waals surface area contributed by atoms with Crippen LogP contribution in [0.4, 0.5) is 0 Å². The Bertz CT molecular complexity index is 1490. The highest BCUT2D eigenvalue weighted by atomic mass is 32.2. The van der Waals surface area contributed by atoms with Crippen LogP contribution in [-0.4, -0.2) is 11.5 Å². The number of carbonyl (C=O) groups is 1. The molecular weight excluding hydrogens is 470 g/mol. The Kier molecular flexibility index (Phi) is 7.62. The van der Waals surface area contributed by atoms with Gasteiger partial charge in [0.15, 0.2) is 12.3 Å². The van der Waals surface area contributed by atoms with Gasteiger partial charge < -0.3 is 0 Å². The molecule has 0 aliphatic heterocycles. The summed E-state index contributed by atoms with van der Waals surface area (Å²) in [5.41, 5.74) is 8.97. The van der Waals surface area contributed by atoms with Gasteiger partial charge in [0, 0.05) is 28.8 Å². The van der Waals surface area contributed by atoms with Crippen LogP contribution in [0.15, 0.2) is 126 Å². The van der Waals surface area contributed by atoms with Gasteiger partial charge in [0.05, 0.1) is 5.75 Å². The molecule has 0 aliphatic carbocycles. The molecule has 0 unspecified atom stereocenters. The average molecular weight is 501 g/mol. The number of Topliss-reactive ketones (excluding diaryl/α,β-unsaturated/α-hetero) is 1. The molecule has 0 amide bonds. The van der Waals surface area contributed by atoms with E-state index in [0.29, 0.717) is 5.75 Å². The third-order valence-electron chi connectivity index (χ3n) is 6.49. The highest BCUT2D eigenvalue weighted by Gasteiger charge is 2.23. The highest BCUT2D eigenvalue weighted by molar-refractivity contribution is 7.99. The molecule has 1 aromatic heterocycles. The number of aryl methyl sites for hydroxylation is 2. The van der Waals surface area contributed by atoms with Gasteiger partial charge in [-0.25, -0.2) is 0 Å². The summed E-state index contributed by atoms with van der Waals surface area (Å²) < 4.78 is 2.35. The summed E-state index contributed by atoms with van der Waals surface area (Å²) in [6.45, 7) is 4.87. The van der Waals surface area contributed by atoms with Gasteiger partial charge in [-0.1, -0.05) is 108 Å². The summed E-state index contributed by atoms with van der Waals surface area (Å²) in [5.74, 6) is 0.516. The third kappa shape index (κ3) is 6.07. The lowest BCUT2D eigenvalue weighted by Crippen LogP contribution is -2.39. The van der Waals surface area contributed by atoms with Crippen molar-refractivity contribution in [3.8, 4) is 22.4 Å². The van der Waals surface area contributed by atoms with E-state index in [1.54, 1.807) is 11.8 Å². The Hall–Kier alpha value is -3.95. The number of pyridine rings is 1. The minimum Gasteiger partial charge on any atom is -0.293 e. The second-order valence-corrected chi connectivity index (χ2v) is 10.3. The molecular formula is C34H30NOS+. The first-order chi connectivity index (χ1) is 18.1. The van der Waals surface area contributed by atoms with Crippen LogP contribution in [-0.2, 0) is 6.54 Å². The SMILES string of the molecule is Cc1ccc(C[n+]2c(SCC(=O)c3ccc(C)cc3)cc(-c3ccccc3)cc2-c2ccccc2)cc1. The molecule has 4 aromatic carbocycles. The Morgan fingerprint density at radius 1 is 0.649 bits per heavy atom. The first kappa shape index (κ1) is 24.7. The quantitative estimate of drug-likeness (QED) is 0.122. The fourth-order valence-corrected chi connectivity index (χ4v) is 5.34. The first-order valence-electron chi connectivity index (χ1n) is 12.5. The molecule has 0 spiro atoms. The number of hydrogen-bond donors (Lipinski definition) is 0. The molecule has 37 heavy (non-hydrogen) atoms. The Balaban J connectivity index is 1.60. The van der Waals surface area contributed by atoms with Crippen LogP contribution >= 0.6 is 11.8 Å². The van der Waals surface area contributed by atoms with E-state index < -0.39 is 0 Å². The molecule has 2 nitrogen and oxygen atoms in total. The van der Waals surface area contributed by atoms with Gasteiger partial charge in [0.1, 0.15) is 0 Å². The number of benzene rings is 4. The molecule has 3 heteroatoms. The second kappa shape index (κ2) is 11.4. The van der Waals surface area contributed by atoms with E-state index in [2.05, 4.69) is 96.4 Å². The van der Waals surface area contributed by atoms with E-state index in [4.69, 9.17) is 0 Å². The summed E-state index contributed by atoms with van der Waals surface area (Å²) in [6.07, 6.45) is 0. The Morgan fingerprint density at radius 3 is 1.84 bits per heavy atom. The van der Waals surface area contributed by atoms with Crippen molar-refractivity contribution in [2.45, 2.75) is 25.4 Å². The van der Waals surface area contributed by atoms with Crippen LogP contribution < -0.4 is 4.57 Å². The van der Waals surface area contributed by atoms with Gasteiger partial charge in [-0.05, 0) is 48.9 Å². The van der Waals surface area contributed by atoms with E-state index in [-0.39, 0.29) is 5.78 Å². The molecule has 1 heterocycles. The van der Waals surface area contributed by atoms with E-state index in [0.717, 1.165) is 45.1 Å². The molecule has 5 rings (SSSR count). The van der Waals surface area contributed by atoms with Gasteiger partial charge in [-0.15, -0.1) is 0 Å². The molecule has 182 valence electrons. The summed E-state index contributed by atoms with van der Waals surface area (Å²) in [7, 11) is 0. The molecule has 0 radical (unpaired) electrons. The smallest absolute Gasteiger partial charge is 0.241 e. The topological polar surface area (TPSA) is 20.9 Å². The molecule has 0 saturated carbocycles. The van der Waals surface area contributed by atoms with Crippen molar-refractivity contribution in [3.63, 3.8) is 0 Å². The number of nitrogens with zero attached hydrogens (tertiary/aromatic N) is 1. The fraction of sp³-hybridized carbons (Fsp3) is 0.118. The molecule has 0 saturated heterocycles. The minimum atomic E-state index is 0.137. The van der Waals surface area contributed by atoms with Gasteiger partial charge in [-0.2, -0.15) is 4.57 Å². The Morgan fingerprint density at radius 2 is 1.22 bits per heavy atom. The van der Waals surface area contributed by atoms with Crippen LogP contribution in [0.1, 0.15) is 27.0 Å². The van der Waals surface area contributed by atoms with Gasteiger partial charge >= 0.3 is 0 Å². The predicted molar refractivity (Wildman–Crippen MR) is 154 cm³/mol. The minimum absolute atomic E-state index is 0.137. The molecule has 0 N–H and O–H groups in total. The maximum atomic E-state index is 13.1. The Labute approximate surface area is 223 Å². The van der Waals surface area contributed by atoms with Gasteiger partial charge in [0.2, 0.25) is 10.7 Å². The van der Waals surface area contributed by atoms with Gasteiger partial charge in [0.25, 0.3) is 0 Å². The standard InChI is InChI=1S/C34H30NOS/c1-25-13-17-27(18-14-25)23-35-32(29-11-7-4-8-12-29)21-31(28-9-5-3-6-10-28)22-34(35)37-24-33(36)30-19-15-26(2)16-20-30/h3-22H,23-24H2,1-2H3/q+1. The summed E-state index contributed by atoms with van der Waals surface area (Å²) >= 11 is 1.61. The van der Waals surface area contributed by atoms with E-state index >= 15 is 0 Å². The van der Waals surface area contributed by atoms with E-state index in [1.807, 2.05) is 43.3 Å². The second-order valence-electron chi connectivity index (χ2n) is 9.35. The van der Waals surface area contributed by atoms with Crippen molar-refractivity contribution in [1.29, 1.82) is 0 Å². The summed E-state index contributed by atoms with van der Waals surface area (Å²) in [6, 6.07) is 42.0. The van der Waals surface area contributed by atoms with Crippen LogP contribution in [0, 0.1) is 13.8 Å². The lowest BCUT2D eigenvalue weighted by Gasteiger charge is -2.13. The van der Waals surface area contributed by atoms with Crippen molar-refractivity contribution in [2.75, 3.05) is 5.75 Å². The van der Waals surface area contributed by atoms with E-state index in [1.165, 1.54) is 11.1 Å². The zero-order valence-corrected chi connectivity index (χ0v) is 22.0. The van der Waals surface area contributed by atoms with Crippen molar-refractivity contribution < 1.29 is 9.36 Å². The summed E-state index contributed by atoms with van der Waals surface area (Å²) in [5, 5.41) is 1.07. The lowest BCUT2D eigenvalue weighted by molar-refractivity contribution is -0.714. The van der Waals surface area contributed by atoms with Crippen LogP contribution in [0.3, 0.4) is 0 Å². The number of thioether (sulfide) groups is 1. The number of rotatable bonds is 8. The zero-order valence-electron chi connectivity index (χ0n) is 21.2. The van der Waals surface area contributed by atoms with Crippen molar-refractivity contribution in [1.82, 2.24) is 0 Å². The van der Waals surface area contributed by atoms with E-state index in [9.17, 15) is 4.79 Å². The number of aromatic nitrogens is 1. The fourth-order valence-electron chi connectivity index (χ4n) is 4.36. The highest BCUT2D eigenvalue weighted by Crippen LogP contribution is 2.29. The van der Waals surface area contributed by atoms with Crippen LogP contribution in [0.5, 0.6) is 0 Å². The predicted octanol–water partition coefficient (Wildman–Crippen LogP) is 7.95.